The van der Waals surface area contributed by atoms with Gasteiger partial charge in [0, 0.05) is 21.1 Å². The summed E-state index contributed by atoms with van der Waals surface area (Å²) in [6, 6.07) is 0. The van der Waals surface area contributed by atoms with Gasteiger partial charge in [0.15, 0.2) is 0 Å². The van der Waals surface area contributed by atoms with Gasteiger partial charge in [-0.2, -0.15) is 6.42 Å². The maximum absolute atomic E-state index is 3.68. The van der Waals surface area contributed by atoms with Gasteiger partial charge in [0.2, 0.25) is 0 Å². The van der Waals surface area contributed by atoms with Gasteiger partial charge >= 0.3 is 0 Å². The van der Waals surface area contributed by atoms with Crippen LogP contribution < -0.4 is 0 Å². The van der Waals surface area contributed by atoms with Crippen LogP contribution >= 0.6 is 0 Å². The van der Waals surface area contributed by atoms with Crippen LogP contribution in [0.2, 0.25) is 0 Å². The van der Waals surface area contributed by atoms with Gasteiger partial charge in [0.05, 0.1) is 0 Å². The molecule has 0 saturated heterocycles. The Bertz CT molecular complexity index is 11.4. The first kappa shape index (κ1) is 9.85. The Morgan fingerprint density at radius 3 is 2.00 bits per heavy atom. The Balaban J connectivity index is 0. The first-order valence-electron chi connectivity index (χ1n) is 2.21. The van der Waals surface area contributed by atoms with Crippen molar-refractivity contribution < 1.29 is 21.1 Å². The molecule has 0 aromatic carbocycles. The summed E-state index contributed by atoms with van der Waals surface area (Å²) >= 11 is 0. The van der Waals surface area contributed by atoms with Crippen molar-refractivity contribution in [1.29, 1.82) is 0 Å². The minimum absolute atomic E-state index is 0. The summed E-state index contributed by atoms with van der Waals surface area (Å²) in [5, 5.41) is 0. The first-order chi connectivity index (χ1) is 2.41. The van der Waals surface area contributed by atoms with E-state index < -0.39 is 0 Å². The summed E-state index contributed by atoms with van der Waals surface area (Å²) in [4.78, 5) is 0. The normalized spacial score (nSPS) is 7.00. The Morgan fingerprint density at radius 1 is 1.50 bits per heavy atom. The van der Waals surface area contributed by atoms with Crippen molar-refractivity contribution >= 4 is 0 Å². The molecule has 0 aromatic rings. The summed E-state index contributed by atoms with van der Waals surface area (Å²) in [5.74, 6) is 0. The molecule has 0 saturated carbocycles. The molecule has 0 rings (SSSR count). The van der Waals surface area contributed by atoms with Crippen LogP contribution in [-0.4, -0.2) is 0 Å². The molecular weight excluding hydrogens is 255 g/mol. The molecule has 0 aromatic heterocycles. The van der Waals surface area contributed by atoms with Gasteiger partial charge in [-0.05, 0) is 0 Å². The standard InChI is InChI=1S/C5H11.Pt/c1-3-5-4-2;/h1,3-5H2,2H3;/q-1;. The van der Waals surface area contributed by atoms with Crippen LogP contribution in [-0.2, 0) is 21.1 Å². The van der Waals surface area contributed by atoms with Crippen LogP contribution in [0.25, 0.3) is 0 Å². The summed E-state index contributed by atoms with van der Waals surface area (Å²) < 4.78 is 0. The van der Waals surface area contributed by atoms with Crippen molar-refractivity contribution in [3.63, 3.8) is 0 Å². The maximum Gasteiger partial charge on any atom is 0 e. The van der Waals surface area contributed by atoms with E-state index in [4.69, 9.17) is 0 Å². The van der Waals surface area contributed by atoms with E-state index in [0.717, 1.165) is 6.42 Å². The number of rotatable bonds is 2. The fourth-order valence-corrected chi connectivity index (χ4v) is 0.250. The van der Waals surface area contributed by atoms with Gasteiger partial charge in [-0.15, -0.1) is 0 Å². The van der Waals surface area contributed by atoms with Crippen LogP contribution in [0.5, 0.6) is 0 Å². The molecule has 0 atom stereocenters. The van der Waals surface area contributed by atoms with E-state index in [1.807, 2.05) is 0 Å². The van der Waals surface area contributed by atoms with Crippen molar-refractivity contribution in [1.82, 2.24) is 0 Å². The Labute approximate surface area is 54.6 Å². The van der Waals surface area contributed by atoms with Gasteiger partial charge in [-0.25, -0.2) is 0 Å². The van der Waals surface area contributed by atoms with Gasteiger partial charge in [-0.3, -0.25) is 0 Å². The zero-order valence-electron chi connectivity index (χ0n) is 4.14. The molecule has 0 unspecified atom stereocenters. The third kappa shape index (κ3) is 8.82. The monoisotopic (exact) mass is 266 g/mol. The molecule has 0 fully saturated rings. The molecule has 1 heteroatoms. The average molecular weight is 266 g/mol. The number of hydrogen-bond acceptors (Lipinski definition) is 0. The molecule has 0 amide bonds. The van der Waals surface area contributed by atoms with Crippen LogP contribution in [0, 0.1) is 6.92 Å². The van der Waals surface area contributed by atoms with Crippen molar-refractivity contribution in [2.45, 2.75) is 26.2 Å². The third-order valence-corrected chi connectivity index (χ3v) is 0.604. The van der Waals surface area contributed by atoms with E-state index in [2.05, 4.69) is 13.8 Å². The summed E-state index contributed by atoms with van der Waals surface area (Å²) in [6.07, 6.45) is 3.65. The maximum atomic E-state index is 3.68. The van der Waals surface area contributed by atoms with Gasteiger partial charge in [0.25, 0.3) is 0 Å². The molecule has 0 spiro atoms. The minimum atomic E-state index is 0. The summed E-state index contributed by atoms with van der Waals surface area (Å²) in [6.45, 7) is 5.85. The predicted molar refractivity (Wildman–Crippen MR) is 24.9 cm³/mol. The number of unbranched alkanes of at least 4 members (excludes halogenated alkanes) is 2. The molecule has 0 aliphatic carbocycles. The minimum Gasteiger partial charge on any atom is -0.343 e. The first-order valence-corrected chi connectivity index (χ1v) is 2.21. The Hall–Kier alpha value is 0.688. The van der Waals surface area contributed by atoms with Crippen LogP contribution in [0.3, 0.4) is 0 Å². The fraction of sp³-hybridized carbons (Fsp3) is 0.800. The molecule has 42 valence electrons. The molecule has 0 aliphatic heterocycles. The van der Waals surface area contributed by atoms with Gasteiger partial charge < -0.3 is 6.92 Å². The molecule has 0 nitrogen and oxygen atoms in total. The molecule has 0 heterocycles. The van der Waals surface area contributed by atoms with Crippen molar-refractivity contribution in [2.75, 3.05) is 0 Å². The third-order valence-electron chi connectivity index (χ3n) is 0.604. The van der Waals surface area contributed by atoms with Crippen LogP contribution in [0.15, 0.2) is 0 Å². The van der Waals surface area contributed by atoms with E-state index in [9.17, 15) is 0 Å². The van der Waals surface area contributed by atoms with E-state index in [0.29, 0.717) is 0 Å². The largest absolute Gasteiger partial charge is 0.343 e. The second-order valence-electron chi connectivity index (χ2n) is 1.21. The molecule has 0 aliphatic rings. The number of hydrogen-bond donors (Lipinski definition) is 0. The molecule has 6 heavy (non-hydrogen) atoms. The second kappa shape index (κ2) is 9.19. The summed E-state index contributed by atoms with van der Waals surface area (Å²) in [5.41, 5.74) is 0. The Morgan fingerprint density at radius 2 is 2.00 bits per heavy atom. The molecule has 0 bridgehead atoms. The van der Waals surface area contributed by atoms with E-state index in [-0.39, 0.29) is 21.1 Å². The topological polar surface area (TPSA) is 0 Å². The molecular formula is C5H11Pt-. The van der Waals surface area contributed by atoms with E-state index in [1.165, 1.54) is 12.8 Å². The zero-order chi connectivity index (χ0) is 4.12. The summed E-state index contributed by atoms with van der Waals surface area (Å²) in [7, 11) is 0. The van der Waals surface area contributed by atoms with Crippen molar-refractivity contribution in [2.24, 2.45) is 0 Å². The zero-order valence-corrected chi connectivity index (χ0v) is 6.42. The van der Waals surface area contributed by atoms with Gasteiger partial charge in [-0.1, -0.05) is 19.8 Å². The van der Waals surface area contributed by atoms with Crippen LogP contribution in [0.4, 0.5) is 0 Å². The molecule has 0 radical (unpaired) electrons. The predicted octanol–water partition coefficient (Wildman–Crippen LogP) is 2.01. The second-order valence-corrected chi connectivity index (χ2v) is 1.21. The quantitative estimate of drug-likeness (QED) is 0.671. The Kier molecular flexibility index (Phi) is 15.1. The van der Waals surface area contributed by atoms with E-state index in [1.54, 1.807) is 0 Å². The SMILES string of the molecule is [CH2-]CCCC.[Pt]. The average Bonchev–Trinajstić information content (AvgIpc) is 1.41. The molecule has 0 N–H and O–H groups in total. The fourth-order valence-electron chi connectivity index (χ4n) is 0.250. The van der Waals surface area contributed by atoms with E-state index >= 15 is 0 Å². The van der Waals surface area contributed by atoms with Gasteiger partial charge in [0.1, 0.15) is 0 Å². The van der Waals surface area contributed by atoms with Crippen LogP contribution in [0.1, 0.15) is 26.2 Å². The van der Waals surface area contributed by atoms with Crippen molar-refractivity contribution in [3.8, 4) is 0 Å². The van der Waals surface area contributed by atoms with Crippen molar-refractivity contribution in [3.05, 3.63) is 6.92 Å². The smallest absolute Gasteiger partial charge is 0 e.